The van der Waals surface area contributed by atoms with Crippen LogP contribution in [0.5, 0.6) is 0 Å². The Hall–Kier alpha value is -0.360. The number of fused-ring (bicyclic) bond motifs is 1. The van der Waals surface area contributed by atoms with Crippen LogP contribution in [0.4, 0.5) is 4.39 Å². The van der Waals surface area contributed by atoms with Crippen molar-refractivity contribution in [2.24, 2.45) is 23.2 Å². The third kappa shape index (κ3) is 7.09. The Balaban J connectivity index is 0.00000420. The maximum atomic E-state index is 15.1. The number of ether oxygens (including phenoxy) is 1. The Morgan fingerprint density at radius 2 is 2.10 bits per heavy atom. The monoisotopic (exact) mass is 420 g/mol. The predicted octanol–water partition coefficient (Wildman–Crippen LogP) is 2.38. The summed E-state index contributed by atoms with van der Waals surface area (Å²) >= 11 is 0. The number of allylic oxidation sites excluding steroid dienone is 3. The second-order valence-electron chi connectivity index (χ2n) is 9.24. The Morgan fingerprint density at radius 3 is 2.72 bits per heavy atom. The first kappa shape index (κ1) is 26.7. The van der Waals surface area contributed by atoms with Crippen LogP contribution in [0.25, 0.3) is 0 Å². The first-order chi connectivity index (χ1) is 13.2. The molecule has 0 aromatic carbocycles. The number of rotatable bonds is 10. The molecular weight excluding hydrogens is 382 g/mol. The molecule has 162 valence electrons. The van der Waals surface area contributed by atoms with E-state index in [9.17, 15) is 9.90 Å². The van der Waals surface area contributed by atoms with E-state index in [0.717, 1.165) is 25.7 Å². The SMILES string of the molecule is CCCCC(C)(C)[C@H](O)/C=C/[C@@H]1[C@H]2C(F)/C(=C/CCCC(=O)O)O[C@H]2C[C@H]1C.[H-].[Na+]. The zero-order chi connectivity index (χ0) is 20.9. The van der Waals surface area contributed by atoms with Crippen molar-refractivity contribution in [2.45, 2.75) is 91.0 Å². The van der Waals surface area contributed by atoms with Crippen LogP contribution in [0.15, 0.2) is 24.0 Å². The summed E-state index contributed by atoms with van der Waals surface area (Å²) in [4.78, 5) is 10.6. The van der Waals surface area contributed by atoms with Crippen molar-refractivity contribution in [2.75, 3.05) is 0 Å². The first-order valence-corrected chi connectivity index (χ1v) is 10.8. The van der Waals surface area contributed by atoms with E-state index in [1.807, 2.05) is 12.2 Å². The average Bonchev–Trinajstić information content (AvgIpc) is 3.09. The number of hydrogen-bond acceptors (Lipinski definition) is 3. The van der Waals surface area contributed by atoms with Crippen molar-refractivity contribution in [1.82, 2.24) is 0 Å². The van der Waals surface area contributed by atoms with Crippen LogP contribution in [-0.4, -0.2) is 34.6 Å². The molecular formula is C23H38FNaO4. The average molecular weight is 421 g/mol. The van der Waals surface area contributed by atoms with E-state index in [-0.39, 0.29) is 60.8 Å². The van der Waals surface area contributed by atoms with Gasteiger partial charge in [0, 0.05) is 12.3 Å². The Labute approximate surface area is 198 Å². The molecule has 1 aliphatic carbocycles. The number of carbonyl (C=O) groups is 1. The third-order valence-electron chi connectivity index (χ3n) is 6.46. The molecule has 6 atom stereocenters. The first-order valence-electron chi connectivity index (χ1n) is 10.8. The van der Waals surface area contributed by atoms with Crippen molar-refractivity contribution in [3.8, 4) is 0 Å². The van der Waals surface area contributed by atoms with E-state index < -0.39 is 18.2 Å². The minimum absolute atomic E-state index is 0. The maximum Gasteiger partial charge on any atom is 1.00 e. The number of hydrogen-bond donors (Lipinski definition) is 2. The molecule has 1 saturated carbocycles. The van der Waals surface area contributed by atoms with Crippen molar-refractivity contribution in [3.63, 3.8) is 0 Å². The molecule has 2 fully saturated rings. The van der Waals surface area contributed by atoms with Gasteiger partial charge in [-0.1, -0.05) is 52.7 Å². The molecule has 29 heavy (non-hydrogen) atoms. The van der Waals surface area contributed by atoms with Gasteiger partial charge in [0.15, 0.2) is 6.17 Å². The summed E-state index contributed by atoms with van der Waals surface area (Å²) < 4.78 is 20.9. The van der Waals surface area contributed by atoms with Crippen LogP contribution in [0.2, 0.25) is 0 Å². The molecule has 1 heterocycles. The van der Waals surface area contributed by atoms with Crippen molar-refractivity contribution in [1.29, 1.82) is 0 Å². The van der Waals surface area contributed by atoms with Gasteiger partial charge in [0.25, 0.3) is 0 Å². The zero-order valence-electron chi connectivity index (χ0n) is 19.7. The van der Waals surface area contributed by atoms with Crippen LogP contribution in [0, 0.1) is 23.2 Å². The van der Waals surface area contributed by atoms with Crippen LogP contribution < -0.4 is 29.6 Å². The van der Waals surface area contributed by atoms with Crippen LogP contribution in [0.3, 0.4) is 0 Å². The second kappa shape index (κ2) is 11.9. The molecule has 2 aliphatic rings. The van der Waals surface area contributed by atoms with Crippen LogP contribution >= 0.6 is 0 Å². The number of carboxylic acid groups (broad SMARTS) is 1. The molecule has 0 radical (unpaired) electrons. The molecule has 2 rings (SSSR count). The molecule has 4 nitrogen and oxygen atoms in total. The Kier molecular flexibility index (Phi) is 10.9. The van der Waals surface area contributed by atoms with Crippen LogP contribution in [0.1, 0.15) is 74.1 Å². The molecule has 0 aromatic heterocycles. The molecule has 2 N–H and O–H groups in total. The molecule has 1 aliphatic heterocycles. The minimum Gasteiger partial charge on any atom is -1.00 e. The quantitative estimate of drug-likeness (QED) is 0.324. The van der Waals surface area contributed by atoms with E-state index in [2.05, 4.69) is 27.7 Å². The molecule has 0 spiro atoms. The van der Waals surface area contributed by atoms with Gasteiger partial charge in [-0.2, -0.15) is 0 Å². The fourth-order valence-corrected chi connectivity index (χ4v) is 4.50. The van der Waals surface area contributed by atoms with Gasteiger partial charge in [-0.25, -0.2) is 4.39 Å². The van der Waals surface area contributed by atoms with Gasteiger partial charge >= 0.3 is 35.5 Å². The summed E-state index contributed by atoms with van der Waals surface area (Å²) in [7, 11) is 0. The molecule has 1 saturated heterocycles. The molecule has 0 aromatic rings. The number of halogens is 1. The van der Waals surface area contributed by atoms with Gasteiger partial charge in [0.2, 0.25) is 0 Å². The summed E-state index contributed by atoms with van der Waals surface area (Å²) in [5.74, 6) is -0.332. The smallest absolute Gasteiger partial charge is 1.00 e. The Bertz CT molecular complexity index is 596. The topological polar surface area (TPSA) is 66.8 Å². The standard InChI is InChI=1S/C23H37FO4.Na.H/c1-5-6-13-23(3,4)19(25)12-11-16-15(2)14-18-21(16)22(24)17(28-18)9-7-8-10-20(26)27;;/h9,11-12,15-16,18-19,21-22,25H,5-8,10,13-14H2,1-4H3,(H,26,27);;/q;+1;-1/b12-11+,17-9-;;/t15-,16+,18+,19-,21-,22?;;/m1../s1. The maximum absolute atomic E-state index is 15.1. The molecule has 0 amide bonds. The molecule has 1 unspecified atom stereocenters. The van der Waals surface area contributed by atoms with E-state index in [4.69, 9.17) is 9.84 Å². The zero-order valence-corrected chi connectivity index (χ0v) is 20.7. The predicted molar refractivity (Wildman–Crippen MR) is 110 cm³/mol. The third-order valence-corrected chi connectivity index (χ3v) is 6.46. The van der Waals surface area contributed by atoms with Gasteiger partial charge < -0.3 is 16.4 Å². The van der Waals surface area contributed by atoms with E-state index in [1.165, 1.54) is 0 Å². The van der Waals surface area contributed by atoms with Gasteiger partial charge in [-0.3, -0.25) is 4.79 Å². The number of alkyl halides is 1. The summed E-state index contributed by atoms with van der Waals surface area (Å²) in [5, 5.41) is 19.3. The fraction of sp³-hybridized carbons (Fsp3) is 0.783. The molecule has 6 heteroatoms. The number of carboxylic acids is 1. The van der Waals surface area contributed by atoms with Crippen LogP contribution in [-0.2, 0) is 9.53 Å². The normalized spacial score (nSPS) is 31.5. The van der Waals surface area contributed by atoms with E-state index in [1.54, 1.807) is 6.08 Å². The van der Waals surface area contributed by atoms with Gasteiger partial charge in [0.1, 0.15) is 11.9 Å². The molecule has 0 bridgehead atoms. The summed E-state index contributed by atoms with van der Waals surface area (Å²) in [5.41, 5.74) is -0.190. The number of aliphatic carboxylic acids is 1. The van der Waals surface area contributed by atoms with Gasteiger partial charge in [-0.05, 0) is 49.0 Å². The summed E-state index contributed by atoms with van der Waals surface area (Å²) in [6, 6.07) is 0. The van der Waals surface area contributed by atoms with E-state index in [0.29, 0.717) is 24.5 Å². The minimum atomic E-state index is -1.15. The largest absolute Gasteiger partial charge is 1.00 e. The van der Waals surface area contributed by atoms with E-state index >= 15 is 4.39 Å². The number of aliphatic hydroxyl groups excluding tert-OH is 1. The fourth-order valence-electron chi connectivity index (χ4n) is 4.50. The van der Waals surface area contributed by atoms with Gasteiger partial charge in [-0.15, -0.1) is 0 Å². The van der Waals surface area contributed by atoms with Gasteiger partial charge in [0.05, 0.1) is 6.10 Å². The summed E-state index contributed by atoms with van der Waals surface area (Å²) in [6.07, 6.45) is 8.81. The van der Waals surface area contributed by atoms with Crippen molar-refractivity contribution < 1.29 is 55.1 Å². The number of unbranched alkanes of at least 4 members (excludes halogenated alkanes) is 2. The van der Waals surface area contributed by atoms with Crippen molar-refractivity contribution >= 4 is 5.97 Å². The number of aliphatic hydroxyl groups is 1. The van der Waals surface area contributed by atoms with Crippen molar-refractivity contribution in [3.05, 3.63) is 24.0 Å². The second-order valence-corrected chi connectivity index (χ2v) is 9.24. The Morgan fingerprint density at radius 1 is 1.41 bits per heavy atom. The summed E-state index contributed by atoms with van der Waals surface area (Å²) in [6.45, 7) is 8.42.